The van der Waals surface area contributed by atoms with Crippen LogP contribution in [0.15, 0.2) is 58.4 Å². The highest BCUT2D eigenvalue weighted by molar-refractivity contribution is 7.89. The summed E-state index contributed by atoms with van der Waals surface area (Å²) in [5.41, 5.74) is 1.56. The van der Waals surface area contributed by atoms with E-state index in [1.54, 1.807) is 31.3 Å². The highest BCUT2D eigenvalue weighted by Gasteiger charge is 2.24. The van der Waals surface area contributed by atoms with E-state index in [1.165, 1.54) is 29.0 Å². The first-order chi connectivity index (χ1) is 16.6. The summed E-state index contributed by atoms with van der Waals surface area (Å²) in [6.07, 6.45) is -1.04. The zero-order valence-corrected chi connectivity index (χ0v) is 21.0. The predicted octanol–water partition coefficient (Wildman–Crippen LogP) is 2.38. The number of benzene rings is 2. The van der Waals surface area contributed by atoms with Crippen molar-refractivity contribution in [2.24, 2.45) is 4.99 Å². The lowest BCUT2D eigenvalue weighted by Gasteiger charge is -2.19. The molecule has 0 saturated carbocycles. The minimum Gasteiger partial charge on any atom is -0.465 e. The molecule has 10 nitrogen and oxygen atoms in total. The van der Waals surface area contributed by atoms with Gasteiger partial charge in [0.1, 0.15) is 12.4 Å². The van der Waals surface area contributed by atoms with Crippen LogP contribution in [-0.4, -0.2) is 92.4 Å². The summed E-state index contributed by atoms with van der Waals surface area (Å²) >= 11 is 5.88. The molecule has 188 valence electrons. The molecule has 1 aliphatic heterocycles. The molecule has 1 aliphatic rings. The Morgan fingerprint density at radius 3 is 2.54 bits per heavy atom. The predicted molar refractivity (Wildman–Crippen MR) is 131 cm³/mol. The fourth-order valence-corrected chi connectivity index (χ4v) is 4.85. The van der Waals surface area contributed by atoms with Crippen LogP contribution in [0.5, 0.6) is 0 Å². The second kappa shape index (κ2) is 11.6. The molecular formula is C23H27ClN4O6S. The maximum Gasteiger partial charge on any atom is 0.413 e. The topological polar surface area (TPSA) is 120 Å². The second-order valence-electron chi connectivity index (χ2n) is 7.92. The molecule has 0 saturated heterocycles. The number of amides is 2. The molecule has 35 heavy (non-hydrogen) atoms. The van der Waals surface area contributed by atoms with Crippen LogP contribution in [0.4, 0.5) is 4.79 Å². The van der Waals surface area contributed by atoms with Crippen LogP contribution in [-0.2, 0) is 26.1 Å². The number of rotatable bonds is 10. The lowest BCUT2D eigenvalue weighted by molar-refractivity contribution is -0.135. The van der Waals surface area contributed by atoms with E-state index in [9.17, 15) is 23.1 Å². The summed E-state index contributed by atoms with van der Waals surface area (Å²) in [5, 5.41) is 9.58. The fourth-order valence-electron chi connectivity index (χ4n) is 3.39. The molecule has 0 bridgehead atoms. The van der Waals surface area contributed by atoms with Crippen LogP contribution in [0.3, 0.4) is 0 Å². The minimum atomic E-state index is -3.71. The Balaban J connectivity index is 1.45. The van der Waals surface area contributed by atoms with Gasteiger partial charge in [-0.05, 0) is 23.8 Å². The van der Waals surface area contributed by atoms with Crippen molar-refractivity contribution in [2.45, 2.75) is 11.4 Å². The maximum atomic E-state index is 12.6. The van der Waals surface area contributed by atoms with E-state index < -0.39 is 16.1 Å². The van der Waals surface area contributed by atoms with Gasteiger partial charge < -0.3 is 14.7 Å². The number of hydrogen-bond donors (Lipinski definition) is 1. The molecule has 0 radical (unpaired) electrons. The fraction of sp³-hybridized carbons (Fsp3) is 0.348. The molecule has 3 rings (SSSR count). The Kier molecular flexibility index (Phi) is 8.84. The van der Waals surface area contributed by atoms with Gasteiger partial charge in [0.25, 0.3) is 0 Å². The van der Waals surface area contributed by atoms with Crippen molar-refractivity contribution in [1.82, 2.24) is 14.1 Å². The Morgan fingerprint density at radius 1 is 1.17 bits per heavy atom. The van der Waals surface area contributed by atoms with Gasteiger partial charge in [-0.15, -0.1) is 0 Å². The average Bonchev–Trinajstić information content (AvgIpc) is 3.32. The lowest BCUT2D eigenvalue weighted by Crippen LogP contribution is -2.33. The van der Waals surface area contributed by atoms with Crippen molar-refractivity contribution in [3.63, 3.8) is 0 Å². The molecule has 0 fully saturated rings. The van der Waals surface area contributed by atoms with E-state index in [0.29, 0.717) is 36.1 Å². The van der Waals surface area contributed by atoms with E-state index in [1.807, 2.05) is 12.1 Å². The number of nitrogens with zero attached hydrogens (tertiary/aromatic N) is 4. The zero-order valence-electron chi connectivity index (χ0n) is 19.4. The Hall–Kier alpha value is -2.99. The summed E-state index contributed by atoms with van der Waals surface area (Å²) in [7, 11) is -0.632. The number of amidine groups is 1. The number of aliphatic imine (C=N–C) groups is 1. The first kappa shape index (κ1) is 26.6. The summed E-state index contributed by atoms with van der Waals surface area (Å²) in [6, 6.07) is 13.2. The van der Waals surface area contributed by atoms with Gasteiger partial charge in [0.05, 0.1) is 24.6 Å². The van der Waals surface area contributed by atoms with Crippen LogP contribution in [0, 0.1) is 0 Å². The Bertz CT molecular complexity index is 1200. The largest absolute Gasteiger partial charge is 0.465 e. The van der Waals surface area contributed by atoms with Crippen LogP contribution < -0.4 is 0 Å². The van der Waals surface area contributed by atoms with Crippen LogP contribution in [0.2, 0.25) is 5.02 Å². The molecular weight excluding hydrogens is 496 g/mol. The summed E-state index contributed by atoms with van der Waals surface area (Å²) in [4.78, 5) is 30.7. The summed E-state index contributed by atoms with van der Waals surface area (Å²) in [5.74, 6) is 0.163. The summed E-state index contributed by atoms with van der Waals surface area (Å²) in [6.45, 7) is 1.04. The van der Waals surface area contributed by atoms with Gasteiger partial charge in [0, 0.05) is 37.8 Å². The number of carbonyl (C=O) groups is 2. The molecule has 0 aromatic heterocycles. The van der Waals surface area contributed by atoms with E-state index >= 15 is 0 Å². The molecule has 1 N–H and O–H groups in total. The zero-order chi connectivity index (χ0) is 25.6. The van der Waals surface area contributed by atoms with E-state index in [-0.39, 0.29) is 30.6 Å². The van der Waals surface area contributed by atoms with Crippen LogP contribution in [0.1, 0.15) is 11.1 Å². The summed E-state index contributed by atoms with van der Waals surface area (Å²) < 4.78 is 31.7. The van der Waals surface area contributed by atoms with E-state index in [2.05, 4.69) is 4.99 Å². The Labute approximate surface area is 209 Å². The monoisotopic (exact) mass is 522 g/mol. The minimum absolute atomic E-state index is 0.0484. The third kappa shape index (κ3) is 6.79. The van der Waals surface area contributed by atoms with Crippen molar-refractivity contribution >= 4 is 39.5 Å². The van der Waals surface area contributed by atoms with Gasteiger partial charge in [-0.3, -0.25) is 14.7 Å². The third-order valence-electron chi connectivity index (χ3n) is 5.41. The molecule has 1 heterocycles. The van der Waals surface area contributed by atoms with Crippen molar-refractivity contribution in [3.05, 3.63) is 64.7 Å². The SMILES string of the molecule is CN(Cc1ccc(C2=NCCN2C(=O)O)cc1)C(=O)COCCN(C)S(=O)(=O)c1cccc(Cl)c1. The molecule has 2 aromatic rings. The first-order valence-corrected chi connectivity index (χ1v) is 12.6. The number of carboxylic acid groups (broad SMARTS) is 1. The number of carbonyl (C=O) groups excluding carboxylic acids is 1. The number of hydrogen-bond acceptors (Lipinski definition) is 6. The first-order valence-electron chi connectivity index (χ1n) is 10.8. The number of likely N-dealkylation sites (N-methyl/N-ethyl adjacent to an activating group) is 2. The Morgan fingerprint density at radius 2 is 1.89 bits per heavy atom. The molecule has 0 spiro atoms. The molecule has 12 heteroatoms. The van der Waals surface area contributed by atoms with Crippen molar-refractivity contribution in [3.8, 4) is 0 Å². The molecule has 2 aromatic carbocycles. The van der Waals surface area contributed by atoms with Gasteiger partial charge in [0.15, 0.2) is 0 Å². The van der Waals surface area contributed by atoms with Crippen LogP contribution in [0.25, 0.3) is 0 Å². The standard InChI is InChI=1S/C23H27ClN4O6S/c1-26(15-17-6-8-18(9-7-17)22-25-10-11-28(22)23(30)31)21(29)16-34-13-12-27(2)35(32,33)20-5-3-4-19(24)14-20/h3-9,14H,10-13,15-16H2,1-2H3,(H,30,31). The van der Waals surface area contributed by atoms with Gasteiger partial charge >= 0.3 is 6.09 Å². The average molecular weight is 523 g/mol. The molecule has 0 aliphatic carbocycles. The molecule has 2 amide bonds. The van der Waals surface area contributed by atoms with Crippen molar-refractivity contribution in [1.29, 1.82) is 0 Å². The van der Waals surface area contributed by atoms with E-state index in [0.717, 1.165) is 9.87 Å². The van der Waals surface area contributed by atoms with Gasteiger partial charge in [-0.1, -0.05) is 41.9 Å². The van der Waals surface area contributed by atoms with Gasteiger partial charge in [-0.25, -0.2) is 13.2 Å². The highest BCUT2D eigenvalue weighted by atomic mass is 35.5. The molecule has 0 atom stereocenters. The third-order valence-corrected chi connectivity index (χ3v) is 7.50. The molecule has 0 unspecified atom stereocenters. The number of sulfonamides is 1. The van der Waals surface area contributed by atoms with E-state index in [4.69, 9.17) is 16.3 Å². The number of ether oxygens (including phenoxy) is 1. The maximum absolute atomic E-state index is 12.6. The van der Waals surface area contributed by atoms with Crippen LogP contribution >= 0.6 is 11.6 Å². The highest BCUT2D eigenvalue weighted by Crippen LogP contribution is 2.18. The van der Waals surface area contributed by atoms with Crippen molar-refractivity contribution < 1.29 is 27.9 Å². The van der Waals surface area contributed by atoms with Gasteiger partial charge in [-0.2, -0.15) is 4.31 Å². The second-order valence-corrected chi connectivity index (χ2v) is 10.4. The lowest BCUT2D eigenvalue weighted by atomic mass is 10.1. The van der Waals surface area contributed by atoms with Gasteiger partial charge in [0.2, 0.25) is 15.9 Å². The smallest absolute Gasteiger partial charge is 0.413 e. The number of halogens is 1. The van der Waals surface area contributed by atoms with Crippen molar-refractivity contribution in [2.75, 3.05) is 46.9 Å². The normalized spacial score (nSPS) is 13.7. The quantitative estimate of drug-likeness (QED) is 0.478.